The Morgan fingerprint density at radius 2 is 1.71 bits per heavy atom. The average molecular weight is 384 g/mol. The molecule has 8 heteroatoms. The highest BCUT2D eigenvalue weighted by atomic mass is 16.2. The highest BCUT2D eigenvalue weighted by Gasteiger charge is 2.25. The summed E-state index contributed by atoms with van der Waals surface area (Å²) in [5, 5.41) is 8.26. The van der Waals surface area contributed by atoms with Crippen molar-refractivity contribution >= 4 is 22.8 Å². The molecule has 3 heterocycles. The van der Waals surface area contributed by atoms with Gasteiger partial charge in [-0.3, -0.25) is 14.5 Å². The van der Waals surface area contributed by atoms with Gasteiger partial charge in [0.2, 0.25) is 5.91 Å². The van der Waals surface area contributed by atoms with E-state index in [1.54, 1.807) is 0 Å². The van der Waals surface area contributed by atoms with Crippen LogP contribution in [0.15, 0.2) is 18.2 Å². The van der Waals surface area contributed by atoms with Crippen LogP contribution in [0.4, 0.5) is 0 Å². The lowest BCUT2D eigenvalue weighted by Crippen LogP contribution is -2.52. The van der Waals surface area contributed by atoms with E-state index in [4.69, 9.17) is 0 Å². The maximum absolute atomic E-state index is 12.9. The Bertz CT molecular complexity index is 849. The Morgan fingerprint density at radius 3 is 2.43 bits per heavy atom. The average Bonchev–Trinajstić information content (AvgIpc) is 3.16. The number of rotatable bonds is 4. The lowest BCUT2D eigenvalue weighted by atomic mass is 10.1. The zero-order valence-electron chi connectivity index (χ0n) is 16.5. The molecule has 0 saturated carbocycles. The van der Waals surface area contributed by atoms with Crippen molar-refractivity contribution in [1.82, 2.24) is 29.7 Å². The molecular weight excluding hydrogens is 356 g/mol. The monoisotopic (exact) mass is 384 g/mol. The molecule has 2 aliphatic heterocycles. The van der Waals surface area contributed by atoms with Gasteiger partial charge in [0.25, 0.3) is 5.91 Å². The highest BCUT2D eigenvalue weighted by Crippen LogP contribution is 2.16. The molecule has 0 spiro atoms. The molecule has 2 aromatic rings. The summed E-state index contributed by atoms with van der Waals surface area (Å²) in [6.45, 7) is 7.78. The summed E-state index contributed by atoms with van der Waals surface area (Å²) in [4.78, 5) is 31.3. The molecular formula is C20H28N6O2. The number of aryl methyl sites for hydroxylation is 1. The van der Waals surface area contributed by atoms with Crippen LogP contribution >= 0.6 is 0 Å². The molecule has 0 N–H and O–H groups in total. The van der Waals surface area contributed by atoms with Crippen molar-refractivity contribution in [3.63, 3.8) is 0 Å². The second-order valence-electron chi connectivity index (χ2n) is 7.62. The topological polar surface area (TPSA) is 74.6 Å². The number of amides is 2. The first-order valence-electron chi connectivity index (χ1n) is 10.3. The number of carbonyl (C=O) groups is 2. The van der Waals surface area contributed by atoms with Gasteiger partial charge in [-0.15, -0.1) is 5.10 Å². The number of piperidine rings is 1. The predicted octanol–water partition coefficient (Wildman–Crippen LogP) is 1.22. The van der Waals surface area contributed by atoms with Crippen LogP contribution in [0.1, 0.15) is 36.5 Å². The molecule has 1 aromatic carbocycles. The lowest BCUT2D eigenvalue weighted by molar-refractivity contribution is -0.133. The molecule has 0 unspecified atom stereocenters. The number of piperazine rings is 1. The van der Waals surface area contributed by atoms with E-state index in [-0.39, 0.29) is 11.8 Å². The van der Waals surface area contributed by atoms with Gasteiger partial charge in [0, 0.05) is 51.4 Å². The Kier molecular flexibility index (Phi) is 5.57. The zero-order valence-corrected chi connectivity index (χ0v) is 16.5. The molecule has 2 saturated heterocycles. The first-order valence-corrected chi connectivity index (χ1v) is 10.3. The predicted molar refractivity (Wildman–Crippen MR) is 106 cm³/mol. The number of hydrogen-bond acceptors (Lipinski definition) is 5. The van der Waals surface area contributed by atoms with Crippen molar-refractivity contribution in [2.24, 2.45) is 0 Å². The van der Waals surface area contributed by atoms with Gasteiger partial charge in [-0.2, -0.15) is 0 Å². The summed E-state index contributed by atoms with van der Waals surface area (Å²) in [7, 11) is 0. The number of fused-ring (bicyclic) bond motifs is 1. The second-order valence-corrected chi connectivity index (χ2v) is 7.62. The highest BCUT2D eigenvalue weighted by molar-refractivity contribution is 5.97. The number of nitrogens with zero attached hydrogens (tertiary/aromatic N) is 6. The maximum Gasteiger partial charge on any atom is 0.254 e. The normalized spacial score (nSPS) is 18.6. The van der Waals surface area contributed by atoms with Gasteiger partial charge in [-0.05, 0) is 44.4 Å². The number of benzene rings is 1. The van der Waals surface area contributed by atoms with Gasteiger partial charge < -0.3 is 9.80 Å². The molecule has 1 aromatic heterocycles. The van der Waals surface area contributed by atoms with E-state index in [2.05, 4.69) is 15.2 Å². The van der Waals surface area contributed by atoms with Gasteiger partial charge in [0.1, 0.15) is 5.52 Å². The number of hydrogen-bond donors (Lipinski definition) is 0. The van der Waals surface area contributed by atoms with Gasteiger partial charge >= 0.3 is 0 Å². The summed E-state index contributed by atoms with van der Waals surface area (Å²) >= 11 is 0. The van der Waals surface area contributed by atoms with E-state index < -0.39 is 0 Å². The molecule has 0 radical (unpaired) electrons. The zero-order chi connectivity index (χ0) is 19.5. The van der Waals surface area contributed by atoms with E-state index in [1.807, 2.05) is 39.6 Å². The minimum atomic E-state index is 0.0231. The minimum absolute atomic E-state index is 0.0231. The Labute approximate surface area is 165 Å². The summed E-state index contributed by atoms with van der Waals surface area (Å²) < 4.78 is 1.82. The van der Waals surface area contributed by atoms with Gasteiger partial charge in [-0.25, -0.2) is 4.68 Å². The summed E-state index contributed by atoms with van der Waals surface area (Å²) in [5.74, 6) is 0.249. The van der Waals surface area contributed by atoms with Crippen LogP contribution in [-0.2, 0) is 11.3 Å². The van der Waals surface area contributed by atoms with Crippen LogP contribution in [0, 0.1) is 0 Å². The van der Waals surface area contributed by atoms with Crippen LogP contribution in [0.5, 0.6) is 0 Å². The van der Waals surface area contributed by atoms with Crippen molar-refractivity contribution in [3.8, 4) is 0 Å². The van der Waals surface area contributed by atoms with Crippen LogP contribution in [0.3, 0.4) is 0 Å². The second kappa shape index (κ2) is 8.26. The molecule has 8 nitrogen and oxygen atoms in total. The standard InChI is InChI=1S/C20H28N6O2/c1-2-26-18-7-6-16(14-17(18)21-22-26)20(28)25-12-10-23(11-13-25)15-19(27)24-8-4-3-5-9-24/h6-7,14H,2-5,8-13,15H2,1H3. The fourth-order valence-corrected chi connectivity index (χ4v) is 4.07. The molecule has 150 valence electrons. The van der Waals surface area contributed by atoms with E-state index in [1.165, 1.54) is 6.42 Å². The third kappa shape index (κ3) is 3.87. The minimum Gasteiger partial charge on any atom is -0.342 e. The van der Waals surface area contributed by atoms with Gasteiger partial charge in [-0.1, -0.05) is 5.21 Å². The SMILES string of the molecule is CCn1nnc2cc(C(=O)N3CCN(CC(=O)N4CCCCC4)CC3)ccc21. The third-order valence-corrected chi connectivity index (χ3v) is 5.79. The largest absolute Gasteiger partial charge is 0.342 e. The smallest absolute Gasteiger partial charge is 0.254 e. The van der Waals surface area contributed by atoms with E-state index in [0.29, 0.717) is 25.2 Å². The van der Waals surface area contributed by atoms with E-state index >= 15 is 0 Å². The quantitative estimate of drug-likeness (QED) is 0.792. The lowest BCUT2D eigenvalue weighted by Gasteiger charge is -2.36. The van der Waals surface area contributed by atoms with Crippen LogP contribution in [-0.4, -0.2) is 87.3 Å². The molecule has 28 heavy (non-hydrogen) atoms. The first-order chi connectivity index (χ1) is 13.7. The van der Waals surface area contributed by atoms with E-state index in [9.17, 15) is 9.59 Å². The van der Waals surface area contributed by atoms with Crippen molar-refractivity contribution in [1.29, 1.82) is 0 Å². The fraction of sp³-hybridized carbons (Fsp3) is 0.600. The molecule has 0 bridgehead atoms. The van der Waals surface area contributed by atoms with E-state index in [0.717, 1.165) is 56.6 Å². The van der Waals surface area contributed by atoms with Crippen molar-refractivity contribution in [3.05, 3.63) is 23.8 Å². The maximum atomic E-state index is 12.9. The first kappa shape index (κ1) is 18.9. The molecule has 0 atom stereocenters. The Morgan fingerprint density at radius 1 is 0.964 bits per heavy atom. The van der Waals surface area contributed by atoms with Gasteiger partial charge in [0.15, 0.2) is 0 Å². The van der Waals surface area contributed by atoms with Crippen LogP contribution in [0.25, 0.3) is 11.0 Å². The Balaban J connectivity index is 1.33. The molecule has 0 aliphatic carbocycles. The summed E-state index contributed by atoms with van der Waals surface area (Å²) in [6.07, 6.45) is 3.46. The van der Waals surface area contributed by atoms with Gasteiger partial charge in [0.05, 0.1) is 12.1 Å². The van der Waals surface area contributed by atoms with Crippen molar-refractivity contribution < 1.29 is 9.59 Å². The van der Waals surface area contributed by atoms with Crippen molar-refractivity contribution in [2.75, 3.05) is 45.8 Å². The van der Waals surface area contributed by atoms with Crippen LogP contribution < -0.4 is 0 Å². The fourth-order valence-electron chi connectivity index (χ4n) is 4.07. The Hall–Kier alpha value is -2.48. The number of carbonyl (C=O) groups excluding carboxylic acids is 2. The molecule has 2 fully saturated rings. The summed E-state index contributed by atoms with van der Waals surface area (Å²) in [5.41, 5.74) is 2.34. The number of likely N-dealkylation sites (tertiary alicyclic amines) is 1. The van der Waals surface area contributed by atoms with Crippen LogP contribution in [0.2, 0.25) is 0 Å². The third-order valence-electron chi connectivity index (χ3n) is 5.79. The molecule has 2 aliphatic rings. The summed E-state index contributed by atoms with van der Waals surface area (Å²) in [6, 6.07) is 5.59. The molecule has 4 rings (SSSR count). The molecule has 2 amide bonds. The van der Waals surface area contributed by atoms with Crippen molar-refractivity contribution in [2.45, 2.75) is 32.7 Å². The number of aromatic nitrogens is 3.